The van der Waals surface area contributed by atoms with Gasteiger partial charge in [0.15, 0.2) is 0 Å². The van der Waals surface area contributed by atoms with E-state index in [2.05, 4.69) is 9.62 Å². The van der Waals surface area contributed by atoms with Crippen LogP contribution in [-0.4, -0.2) is 53.2 Å². The lowest BCUT2D eigenvalue weighted by Gasteiger charge is -2.15. The SMILES string of the molecule is COCCN1CCC(CNS(=O)(=O)Cc2ccc(Cl)cc2F)C1. The highest BCUT2D eigenvalue weighted by Gasteiger charge is 2.24. The van der Waals surface area contributed by atoms with Crippen LogP contribution in [0.25, 0.3) is 0 Å². The van der Waals surface area contributed by atoms with Crippen LogP contribution in [0.4, 0.5) is 4.39 Å². The Morgan fingerprint density at radius 2 is 2.26 bits per heavy atom. The highest BCUT2D eigenvalue weighted by atomic mass is 35.5. The van der Waals surface area contributed by atoms with Gasteiger partial charge in [-0.05, 0) is 31.0 Å². The Balaban J connectivity index is 1.82. The van der Waals surface area contributed by atoms with Crippen LogP contribution in [0.15, 0.2) is 18.2 Å². The molecule has 1 aromatic rings. The van der Waals surface area contributed by atoms with E-state index in [4.69, 9.17) is 16.3 Å². The Hall–Kier alpha value is -0.730. The van der Waals surface area contributed by atoms with Gasteiger partial charge in [0.05, 0.1) is 12.4 Å². The van der Waals surface area contributed by atoms with Crippen LogP contribution >= 0.6 is 11.6 Å². The first-order valence-corrected chi connectivity index (χ1v) is 9.55. The molecule has 2 rings (SSSR count). The van der Waals surface area contributed by atoms with Crippen molar-refractivity contribution >= 4 is 21.6 Å². The monoisotopic (exact) mass is 364 g/mol. The second-order valence-electron chi connectivity index (χ2n) is 5.79. The van der Waals surface area contributed by atoms with Gasteiger partial charge in [0.1, 0.15) is 5.82 Å². The van der Waals surface area contributed by atoms with E-state index >= 15 is 0 Å². The molecule has 23 heavy (non-hydrogen) atoms. The Kier molecular flexibility index (Phi) is 6.79. The molecule has 1 aromatic carbocycles. The van der Waals surface area contributed by atoms with Crippen molar-refractivity contribution in [2.75, 3.05) is 39.9 Å². The molecule has 1 N–H and O–H groups in total. The van der Waals surface area contributed by atoms with Gasteiger partial charge in [0.25, 0.3) is 0 Å². The molecule has 0 spiro atoms. The molecule has 0 bridgehead atoms. The van der Waals surface area contributed by atoms with Crippen LogP contribution < -0.4 is 4.72 Å². The van der Waals surface area contributed by atoms with Crippen molar-refractivity contribution in [1.82, 2.24) is 9.62 Å². The number of ether oxygens (including phenoxy) is 1. The molecule has 0 amide bonds. The van der Waals surface area contributed by atoms with E-state index in [1.54, 1.807) is 7.11 Å². The minimum Gasteiger partial charge on any atom is -0.383 e. The first kappa shape index (κ1) is 18.6. The molecule has 1 atom stereocenters. The predicted octanol–water partition coefficient (Wildman–Crippen LogP) is 1.87. The van der Waals surface area contributed by atoms with Gasteiger partial charge in [-0.2, -0.15) is 0 Å². The van der Waals surface area contributed by atoms with Crippen LogP contribution in [0.1, 0.15) is 12.0 Å². The maximum Gasteiger partial charge on any atom is 0.215 e. The summed E-state index contributed by atoms with van der Waals surface area (Å²) in [5, 5.41) is 0.249. The summed E-state index contributed by atoms with van der Waals surface area (Å²) < 4.78 is 45.5. The number of hydrogen-bond acceptors (Lipinski definition) is 4. The van der Waals surface area contributed by atoms with E-state index in [-0.39, 0.29) is 22.3 Å². The van der Waals surface area contributed by atoms with E-state index in [9.17, 15) is 12.8 Å². The Morgan fingerprint density at radius 1 is 1.48 bits per heavy atom. The number of methoxy groups -OCH3 is 1. The second-order valence-corrected chi connectivity index (χ2v) is 8.03. The Labute approximate surface area is 141 Å². The number of likely N-dealkylation sites (tertiary alicyclic amines) is 1. The van der Waals surface area contributed by atoms with Crippen molar-refractivity contribution in [1.29, 1.82) is 0 Å². The smallest absolute Gasteiger partial charge is 0.215 e. The molecule has 1 unspecified atom stereocenters. The van der Waals surface area contributed by atoms with Crippen LogP contribution in [0.2, 0.25) is 5.02 Å². The van der Waals surface area contributed by atoms with E-state index in [1.807, 2.05) is 0 Å². The normalized spacial score (nSPS) is 19.3. The fourth-order valence-electron chi connectivity index (χ4n) is 2.64. The molecule has 130 valence electrons. The first-order valence-electron chi connectivity index (χ1n) is 7.52. The second kappa shape index (κ2) is 8.39. The zero-order chi connectivity index (χ0) is 16.9. The van der Waals surface area contributed by atoms with Gasteiger partial charge in [0, 0.05) is 37.3 Å². The molecule has 1 saturated heterocycles. The predicted molar refractivity (Wildman–Crippen MR) is 88.5 cm³/mol. The van der Waals surface area contributed by atoms with Crippen molar-refractivity contribution in [3.63, 3.8) is 0 Å². The fourth-order valence-corrected chi connectivity index (χ4v) is 4.04. The molecule has 8 heteroatoms. The summed E-state index contributed by atoms with van der Waals surface area (Å²) in [5.41, 5.74) is 0.120. The third-order valence-corrected chi connectivity index (χ3v) is 5.47. The topological polar surface area (TPSA) is 58.6 Å². The molecule has 1 aliphatic heterocycles. The summed E-state index contributed by atoms with van der Waals surface area (Å²) in [6.07, 6.45) is 0.946. The van der Waals surface area contributed by atoms with Crippen LogP contribution in [0.5, 0.6) is 0 Å². The number of nitrogens with one attached hydrogen (secondary N) is 1. The number of nitrogens with zero attached hydrogens (tertiary/aromatic N) is 1. The first-order chi connectivity index (χ1) is 10.9. The summed E-state index contributed by atoms with van der Waals surface area (Å²) in [6.45, 7) is 3.70. The van der Waals surface area contributed by atoms with Crippen molar-refractivity contribution in [3.8, 4) is 0 Å². The Morgan fingerprint density at radius 3 is 2.96 bits per heavy atom. The van der Waals surface area contributed by atoms with Gasteiger partial charge in [-0.15, -0.1) is 0 Å². The number of halogens is 2. The minimum absolute atomic E-state index is 0.120. The van der Waals surface area contributed by atoms with Gasteiger partial charge in [-0.1, -0.05) is 17.7 Å². The van der Waals surface area contributed by atoms with Crippen LogP contribution in [0, 0.1) is 11.7 Å². The number of rotatable bonds is 8. The molecule has 0 radical (unpaired) electrons. The highest BCUT2D eigenvalue weighted by molar-refractivity contribution is 7.88. The van der Waals surface area contributed by atoms with Gasteiger partial charge in [-0.3, -0.25) is 0 Å². The van der Waals surface area contributed by atoms with Crippen molar-refractivity contribution in [2.45, 2.75) is 12.2 Å². The summed E-state index contributed by atoms with van der Waals surface area (Å²) in [7, 11) is -1.90. The third-order valence-electron chi connectivity index (χ3n) is 3.93. The molecule has 0 aliphatic carbocycles. The third kappa shape index (κ3) is 6.00. The van der Waals surface area contributed by atoms with E-state index < -0.39 is 15.8 Å². The fraction of sp³-hybridized carbons (Fsp3) is 0.600. The lowest BCUT2D eigenvalue weighted by atomic mass is 10.1. The zero-order valence-corrected chi connectivity index (χ0v) is 14.7. The maximum atomic E-state index is 13.7. The summed E-state index contributed by atoms with van der Waals surface area (Å²) in [6, 6.07) is 4.01. The molecule has 0 saturated carbocycles. The molecule has 5 nitrogen and oxygen atoms in total. The van der Waals surface area contributed by atoms with Crippen molar-refractivity contribution in [3.05, 3.63) is 34.6 Å². The number of hydrogen-bond donors (Lipinski definition) is 1. The lowest BCUT2D eigenvalue weighted by molar-refractivity contribution is 0.159. The minimum atomic E-state index is -3.57. The van der Waals surface area contributed by atoms with Gasteiger partial charge in [0.2, 0.25) is 10.0 Å². The van der Waals surface area contributed by atoms with Gasteiger partial charge in [-0.25, -0.2) is 17.5 Å². The summed E-state index contributed by atoms with van der Waals surface area (Å²) in [5.74, 6) is -0.706. The standard InChI is InChI=1S/C15H22ClFN2O3S/c1-22-7-6-19-5-4-12(10-19)9-18-23(20,21)11-13-2-3-14(16)8-15(13)17/h2-3,8,12,18H,4-7,9-11H2,1H3. The summed E-state index contributed by atoms with van der Waals surface area (Å²) >= 11 is 5.67. The van der Waals surface area contributed by atoms with Crippen LogP contribution in [-0.2, 0) is 20.5 Å². The quantitative estimate of drug-likeness (QED) is 0.765. The lowest BCUT2D eigenvalue weighted by Crippen LogP contribution is -2.32. The number of benzene rings is 1. The maximum absolute atomic E-state index is 13.7. The molecule has 0 aromatic heterocycles. The molecule has 1 heterocycles. The Bertz CT molecular complexity index is 627. The van der Waals surface area contributed by atoms with E-state index in [0.29, 0.717) is 13.2 Å². The molecular formula is C15H22ClFN2O3S. The van der Waals surface area contributed by atoms with Crippen molar-refractivity contribution < 1.29 is 17.5 Å². The van der Waals surface area contributed by atoms with E-state index in [0.717, 1.165) is 32.1 Å². The zero-order valence-electron chi connectivity index (χ0n) is 13.1. The van der Waals surface area contributed by atoms with Gasteiger partial charge >= 0.3 is 0 Å². The number of sulfonamides is 1. The van der Waals surface area contributed by atoms with E-state index in [1.165, 1.54) is 12.1 Å². The average Bonchev–Trinajstić information content (AvgIpc) is 2.94. The largest absolute Gasteiger partial charge is 0.383 e. The molecule has 1 aliphatic rings. The average molecular weight is 365 g/mol. The molecular weight excluding hydrogens is 343 g/mol. The van der Waals surface area contributed by atoms with Crippen LogP contribution in [0.3, 0.4) is 0 Å². The summed E-state index contributed by atoms with van der Waals surface area (Å²) in [4.78, 5) is 2.25. The molecule has 1 fully saturated rings. The highest BCUT2D eigenvalue weighted by Crippen LogP contribution is 2.18. The van der Waals surface area contributed by atoms with Crippen molar-refractivity contribution in [2.24, 2.45) is 5.92 Å². The van der Waals surface area contributed by atoms with Gasteiger partial charge < -0.3 is 9.64 Å².